The number of hydrogen-bond acceptors (Lipinski definition) is 4. The van der Waals surface area contributed by atoms with Crippen molar-refractivity contribution < 1.29 is 14.7 Å². The van der Waals surface area contributed by atoms with Crippen LogP contribution in [0.1, 0.15) is 35.8 Å². The molecule has 5 nitrogen and oxygen atoms in total. The van der Waals surface area contributed by atoms with E-state index in [1.54, 1.807) is 36.4 Å². The lowest BCUT2D eigenvalue weighted by Crippen LogP contribution is -2.42. The molecule has 2 heterocycles. The first-order valence-corrected chi connectivity index (χ1v) is 8.13. The van der Waals surface area contributed by atoms with E-state index in [4.69, 9.17) is 11.6 Å². The van der Waals surface area contributed by atoms with Crippen molar-refractivity contribution in [1.82, 2.24) is 4.98 Å². The van der Waals surface area contributed by atoms with Gasteiger partial charge >= 0.3 is 0 Å². The first-order chi connectivity index (χ1) is 11.5. The van der Waals surface area contributed by atoms with E-state index in [1.165, 1.54) is 11.1 Å². The zero-order valence-electron chi connectivity index (χ0n) is 13.2. The van der Waals surface area contributed by atoms with Crippen molar-refractivity contribution in [2.45, 2.75) is 25.4 Å². The van der Waals surface area contributed by atoms with Crippen LogP contribution in [0.2, 0.25) is 5.02 Å². The van der Waals surface area contributed by atoms with E-state index in [2.05, 4.69) is 4.98 Å². The number of aromatic nitrogens is 1. The second kappa shape index (κ2) is 6.34. The number of ketones is 1. The second-order valence-corrected chi connectivity index (χ2v) is 6.23. The van der Waals surface area contributed by atoms with E-state index in [0.717, 1.165) is 6.42 Å². The standard InChI is InChI=1S/C18H17ClN2O3/c1-2-9-21-15-7-6-12(19)10-13(15)18(24,17(21)23)11-16(22)14-5-3-4-8-20-14/h3-8,10,24H,2,9,11H2,1H3/t18-/m1/s1. The summed E-state index contributed by atoms with van der Waals surface area (Å²) in [4.78, 5) is 30.8. The van der Waals surface area contributed by atoms with Gasteiger partial charge in [0, 0.05) is 23.3 Å². The van der Waals surface area contributed by atoms with Gasteiger partial charge in [-0.2, -0.15) is 0 Å². The number of aliphatic hydroxyl groups is 1. The third-order valence-electron chi connectivity index (χ3n) is 4.11. The number of fused-ring (bicyclic) bond motifs is 1. The molecule has 1 amide bonds. The van der Waals surface area contributed by atoms with Gasteiger partial charge in [0.2, 0.25) is 0 Å². The smallest absolute Gasteiger partial charge is 0.264 e. The lowest BCUT2D eigenvalue weighted by molar-refractivity contribution is -0.135. The van der Waals surface area contributed by atoms with E-state index in [1.807, 2.05) is 6.92 Å². The van der Waals surface area contributed by atoms with E-state index >= 15 is 0 Å². The van der Waals surface area contributed by atoms with Gasteiger partial charge in [-0.25, -0.2) is 0 Å². The quantitative estimate of drug-likeness (QED) is 0.846. The molecular formula is C18H17ClN2O3. The van der Waals surface area contributed by atoms with Crippen LogP contribution < -0.4 is 4.90 Å². The molecule has 124 valence electrons. The molecule has 0 bridgehead atoms. The molecule has 0 fully saturated rings. The fourth-order valence-electron chi connectivity index (χ4n) is 2.99. The molecular weight excluding hydrogens is 328 g/mol. The minimum atomic E-state index is -1.91. The molecule has 6 heteroatoms. The fraction of sp³-hybridized carbons (Fsp3) is 0.278. The average molecular weight is 345 g/mol. The van der Waals surface area contributed by atoms with Crippen LogP contribution in [0.5, 0.6) is 0 Å². The van der Waals surface area contributed by atoms with Crippen molar-refractivity contribution in [3.63, 3.8) is 0 Å². The van der Waals surface area contributed by atoms with E-state index in [9.17, 15) is 14.7 Å². The lowest BCUT2D eigenvalue weighted by atomic mass is 9.89. The number of carbonyl (C=O) groups is 2. The Hall–Kier alpha value is -2.24. The van der Waals surface area contributed by atoms with Crippen LogP contribution in [-0.2, 0) is 10.4 Å². The highest BCUT2D eigenvalue weighted by molar-refractivity contribution is 6.31. The van der Waals surface area contributed by atoms with Crippen molar-refractivity contribution in [2.24, 2.45) is 0 Å². The number of benzene rings is 1. The van der Waals surface area contributed by atoms with Gasteiger partial charge in [0.1, 0.15) is 5.69 Å². The molecule has 1 aliphatic heterocycles. The largest absolute Gasteiger partial charge is 0.375 e. The molecule has 24 heavy (non-hydrogen) atoms. The molecule has 3 rings (SSSR count). The Labute approximate surface area is 144 Å². The van der Waals surface area contributed by atoms with Gasteiger partial charge in [0.15, 0.2) is 11.4 Å². The molecule has 1 aliphatic rings. The van der Waals surface area contributed by atoms with Gasteiger partial charge in [-0.1, -0.05) is 24.6 Å². The topological polar surface area (TPSA) is 70.5 Å². The third-order valence-corrected chi connectivity index (χ3v) is 4.34. The zero-order valence-corrected chi connectivity index (χ0v) is 14.0. The van der Waals surface area contributed by atoms with E-state index in [0.29, 0.717) is 22.8 Å². The molecule has 1 aromatic heterocycles. The molecule has 1 aromatic carbocycles. The number of carbonyl (C=O) groups excluding carboxylic acids is 2. The Kier molecular flexibility index (Phi) is 4.39. The van der Waals surface area contributed by atoms with Crippen molar-refractivity contribution in [3.05, 3.63) is 58.9 Å². The molecule has 0 saturated carbocycles. The number of halogens is 1. The lowest BCUT2D eigenvalue weighted by Gasteiger charge is -2.22. The monoisotopic (exact) mass is 344 g/mol. The first-order valence-electron chi connectivity index (χ1n) is 7.76. The Bertz CT molecular complexity index is 794. The van der Waals surface area contributed by atoms with E-state index < -0.39 is 17.3 Å². The van der Waals surface area contributed by atoms with Gasteiger partial charge in [0.05, 0.1) is 12.1 Å². The van der Waals surface area contributed by atoms with Crippen LogP contribution in [0, 0.1) is 0 Å². The summed E-state index contributed by atoms with van der Waals surface area (Å²) < 4.78 is 0. The maximum atomic E-state index is 12.8. The summed E-state index contributed by atoms with van der Waals surface area (Å²) in [5, 5.41) is 11.5. The van der Waals surface area contributed by atoms with Crippen LogP contribution >= 0.6 is 11.6 Å². The highest BCUT2D eigenvalue weighted by Crippen LogP contribution is 2.44. The summed E-state index contributed by atoms with van der Waals surface area (Å²) in [7, 11) is 0. The maximum absolute atomic E-state index is 12.8. The third kappa shape index (κ3) is 2.70. The average Bonchev–Trinajstić information content (AvgIpc) is 2.78. The summed E-state index contributed by atoms with van der Waals surface area (Å²) in [6.07, 6.45) is 1.87. The summed E-state index contributed by atoms with van der Waals surface area (Å²) in [6.45, 7) is 2.41. The fourth-order valence-corrected chi connectivity index (χ4v) is 3.16. The number of pyridine rings is 1. The SMILES string of the molecule is CCCN1C(=O)[C@@](O)(CC(=O)c2ccccn2)c2cc(Cl)ccc21. The number of anilines is 1. The molecule has 1 atom stereocenters. The minimum Gasteiger partial charge on any atom is -0.375 e. The molecule has 0 saturated heterocycles. The highest BCUT2D eigenvalue weighted by Gasteiger charge is 2.50. The normalized spacial score (nSPS) is 19.5. The number of nitrogens with zero attached hydrogens (tertiary/aromatic N) is 2. The minimum absolute atomic E-state index is 0.219. The molecule has 0 radical (unpaired) electrons. The number of amides is 1. The van der Waals surface area contributed by atoms with Gasteiger partial charge in [0.25, 0.3) is 5.91 Å². The Balaban J connectivity index is 2.01. The molecule has 2 aromatic rings. The summed E-state index contributed by atoms with van der Waals surface area (Å²) in [6, 6.07) is 9.88. The van der Waals surface area contributed by atoms with Crippen molar-refractivity contribution in [2.75, 3.05) is 11.4 Å². The molecule has 1 N–H and O–H groups in total. The second-order valence-electron chi connectivity index (χ2n) is 5.79. The Morgan fingerprint density at radius 1 is 1.33 bits per heavy atom. The first kappa shape index (κ1) is 16.6. The highest BCUT2D eigenvalue weighted by atomic mass is 35.5. The van der Waals surface area contributed by atoms with E-state index in [-0.39, 0.29) is 12.1 Å². The molecule has 0 unspecified atom stereocenters. The van der Waals surface area contributed by atoms with Crippen LogP contribution in [0.3, 0.4) is 0 Å². The van der Waals surface area contributed by atoms with Crippen molar-refractivity contribution in [1.29, 1.82) is 0 Å². The van der Waals surface area contributed by atoms with Crippen LogP contribution in [0.4, 0.5) is 5.69 Å². The van der Waals surface area contributed by atoms with Gasteiger partial charge < -0.3 is 10.0 Å². The van der Waals surface area contributed by atoms with Crippen molar-refractivity contribution >= 4 is 29.0 Å². The maximum Gasteiger partial charge on any atom is 0.264 e. The predicted octanol–water partition coefficient (Wildman–Crippen LogP) is 2.95. The van der Waals surface area contributed by atoms with Crippen LogP contribution in [-0.4, -0.2) is 28.3 Å². The van der Waals surface area contributed by atoms with Crippen LogP contribution in [0.25, 0.3) is 0 Å². The Morgan fingerprint density at radius 2 is 2.12 bits per heavy atom. The molecule has 0 spiro atoms. The Morgan fingerprint density at radius 3 is 2.79 bits per heavy atom. The summed E-state index contributed by atoms with van der Waals surface area (Å²) in [5.41, 5.74) is -0.721. The predicted molar refractivity (Wildman–Crippen MR) is 91.2 cm³/mol. The number of Topliss-reactive ketones (excluding diaryl/α,β-unsaturated/α-hetero) is 1. The van der Waals surface area contributed by atoms with Gasteiger partial charge in [-0.15, -0.1) is 0 Å². The zero-order chi connectivity index (χ0) is 17.3. The number of hydrogen-bond donors (Lipinski definition) is 1. The summed E-state index contributed by atoms with van der Waals surface area (Å²) in [5.74, 6) is -0.887. The van der Waals surface area contributed by atoms with Gasteiger partial charge in [-0.3, -0.25) is 14.6 Å². The number of rotatable bonds is 5. The van der Waals surface area contributed by atoms with Gasteiger partial charge in [-0.05, 0) is 36.8 Å². The van der Waals surface area contributed by atoms with Crippen molar-refractivity contribution in [3.8, 4) is 0 Å². The molecule has 0 aliphatic carbocycles. The summed E-state index contributed by atoms with van der Waals surface area (Å²) >= 11 is 6.04. The van der Waals surface area contributed by atoms with Crippen LogP contribution in [0.15, 0.2) is 42.6 Å².